The summed E-state index contributed by atoms with van der Waals surface area (Å²) in [5, 5.41) is 0. The minimum absolute atomic E-state index is 0. The molecule has 0 bridgehead atoms. The van der Waals surface area contributed by atoms with E-state index in [4.69, 9.17) is 0 Å². The minimum atomic E-state index is 0. The number of thiol groups is 1. The quantitative estimate of drug-likeness (QED) is 0.241. The largest absolute Gasteiger partial charge is 0.870 e. The third kappa shape index (κ3) is 28.8. The SMILES string of the molecule is C[SH+]C.[Ca].[OH-]. The number of hydrogen-bond donors (Lipinski definition) is 0. The van der Waals surface area contributed by atoms with Crippen molar-refractivity contribution < 1.29 is 5.48 Å². The Bertz CT molecular complexity index is 9.61. The van der Waals surface area contributed by atoms with E-state index in [9.17, 15) is 0 Å². The van der Waals surface area contributed by atoms with E-state index in [0.29, 0.717) is 0 Å². The number of rotatable bonds is 0. The van der Waals surface area contributed by atoms with Crippen molar-refractivity contribution in [3.63, 3.8) is 0 Å². The topological polar surface area (TPSA) is 30.0 Å². The van der Waals surface area contributed by atoms with E-state index in [2.05, 4.69) is 12.5 Å². The molecule has 0 amide bonds. The van der Waals surface area contributed by atoms with Gasteiger partial charge in [-0.05, 0) is 11.8 Å². The molecule has 0 aliphatic heterocycles. The van der Waals surface area contributed by atoms with Crippen molar-refractivity contribution in [2.75, 3.05) is 12.5 Å². The summed E-state index contributed by atoms with van der Waals surface area (Å²) < 4.78 is 0. The third-order valence-corrected chi connectivity index (χ3v) is 0. The van der Waals surface area contributed by atoms with Crippen LogP contribution in [-0.4, -0.2) is 55.7 Å². The molecule has 0 aliphatic carbocycles. The Morgan fingerprint density at radius 3 is 1.20 bits per heavy atom. The van der Waals surface area contributed by atoms with Gasteiger partial charge in [0.15, 0.2) is 0 Å². The van der Waals surface area contributed by atoms with E-state index in [-0.39, 0.29) is 43.2 Å². The van der Waals surface area contributed by atoms with Gasteiger partial charge in [0.1, 0.15) is 0 Å². The number of hydrogen-bond acceptors (Lipinski definition) is 1. The summed E-state index contributed by atoms with van der Waals surface area (Å²) >= 11 is 1.42. The molecule has 0 fully saturated rings. The maximum Gasteiger partial charge on any atom is 0.0949 e. The van der Waals surface area contributed by atoms with Gasteiger partial charge < -0.3 is 5.48 Å². The monoisotopic (exact) mass is 120 g/mol. The molecular weight excluding hydrogens is 112 g/mol. The predicted octanol–water partition coefficient (Wildman–Crippen LogP) is -0.497. The van der Waals surface area contributed by atoms with Crippen LogP contribution in [0.4, 0.5) is 0 Å². The van der Waals surface area contributed by atoms with E-state index in [1.807, 2.05) is 0 Å². The Balaban J connectivity index is -0.0000000200. The summed E-state index contributed by atoms with van der Waals surface area (Å²) in [5.41, 5.74) is 0. The van der Waals surface area contributed by atoms with Crippen molar-refractivity contribution in [3.05, 3.63) is 0 Å². The van der Waals surface area contributed by atoms with Gasteiger partial charge in [0.25, 0.3) is 0 Å². The molecule has 0 aliphatic rings. The molecule has 3 heteroatoms. The van der Waals surface area contributed by atoms with E-state index in [1.54, 1.807) is 0 Å². The fourth-order valence-electron chi connectivity index (χ4n) is 0. The van der Waals surface area contributed by atoms with Crippen LogP contribution < -0.4 is 0 Å². The summed E-state index contributed by atoms with van der Waals surface area (Å²) in [5.74, 6) is 0. The molecule has 0 saturated heterocycles. The Kier molecular flexibility index (Phi) is 56.3. The van der Waals surface area contributed by atoms with Gasteiger partial charge in [-0.2, -0.15) is 0 Å². The van der Waals surface area contributed by atoms with Gasteiger partial charge >= 0.3 is 0 Å². The summed E-state index contributed by atoms with van der Waals surface area (Å²) in [6.07, 6.45) is 4.19. The second-order valence-electron chi connectivity index (χ2n) is 0.447. The van der Waals surface area contributed by atoms with Crippen LogP contribution in [-0.2, 0) is 11.8 Å². The third-order valence-electron chi connectivity index (χ3n) is 0. The molecule has 0 spiro atoms. The normalized spacial score (nSPS) is 3.60. The maximum absolute atomic E-state index is 2.10. The van der Waals surface area contributed by atoms with E-state index in [1.165, 1.54) is 11.8 Å². The summed E-state index contributed by atoms with van der Waals surface area (Å²) in [6.45, 7) is 0. The van der Waals surface area contributed by atoms with E-state index in [0.717, 1.165) is 0 Å². The molecule has 0 rings (SSSR count). The van der Waals surface area contributed by atoms with Crippen molar-refractivity contribution in [1.29, 1.82) is 0 Å². The molecule has 0 unspecified atom stereocenters. The van der Waals surface area contributed by atoms with Crippen LogP contribution >= 0.6 is 0 Å². The average molecular weight is 120 g/mol. The van der Waals surface area contributed by atoms with Crippen LogP contribution in [0.15, 0.2) is 0 Å². The molecule has 0 aromatic carbocycles. The molecule has 0 saturated carbocycles. The van der Waals surface area contributed by atoms with E-state index < -0.39 is 0 Å². The zero-order chi connectivity index (χ0) is 2.71. The van der Waals surface area contributed by atoms with Gasteiger partial charge in [0.2, 0.25) is 0 Å². The first-order valence-electron chi connectivity index (χ1n) is 0.894. The Morgan fingerprint density at radius 2 is 1.20 bits per heavy atom. The van der Waals surface area contributed by atoms with Gasteiger partial charge in [0, 0.05) is 37.7 Å². The summed E-state index contributed by atoms with van der Waals surface area (Å²) in [4.78, 5) is 0. The van der Waals surface area contributed by atoms with Crippen molar-refractivity contribution in [3.8, 4) is 0 Å². The van der Waals surface area contributed by atoms with Crippen molar-refractivity contribution in [1.82, 2.24) is 0 Å². The molecule has 0 atom stereocenters. The minimum Gasteiger partial charge on any atom is -0.870 e. The molecule has 30 valence electrons. The molecular formula is C2H8CaOS. The first kappa shape index (κ1) is 16.0. The van der Waals surface area contributed by atoms with Crippen LogP contribution in [0.1, 0.15) is 0 Å². The summed E-state index contributed by atoms with van der Waals surface area (Å²) in [7, 11) is 0. The van der Waals surface area contributed by atoms with Gasteiger partial charge in [-0.25, -0.2) is 0 Å². The first-order valence-corrected chi connectivity index (χ1v) is 2.68. The van der Waals surface area contributed by atoms with Gasteiger partial charge in [-0.3, -0.25) is 0 Å². The fourth-order valence-corrected chi connectivity index (χ4v) is 0. The van der Waals surface area contributed by atoms with Crippen molar-refractivity contribution >= 4 is 49.5 Å². The van der Waals surface area contributed by atoms with Crippen LogP contribution in [0.2, 0.25) is 0 Å². The zero-order valence-corrected chi connectivity index (χ0v) is 6.70. The summed E-state index contributed by atoms with van der Waals surface area (Å²) in [6, 6.07) is 0. The second-order valence-corrected chi connectivity index (χ2v) is 1.34. The average Bonchev–Trinajstić information content (AvgIpc) is 0.918. The Labute approximate surface area is 66.8 Å². The maximum atomic E-state index is 2.10. The van der Waals surface area contributed by atoms with E-state index >= 15 is 0 Å². The van der Waals surface area contributed by atoms with Crippen LogP contribution in [0.25, 0.3) is 0 Å². The standard InChI is InChI=1S/C2H6S.Ca.H2O/c1-3-2;;/h1-2H3;;1H2. The van der Waals surface area contributed by atoms with Crippen LogP contribution in [0, 0.1) is 0 Å². The van der Waals surface area contributed by atoms with Crippen molar-refractivity contribution in [2.45, 2.75) is 0 Å². The van der Waals surface area contributed by atoms with Crippen molar-refractivity contribution in [2.24, 2.45) is 0 Å². The van der Waals surface area contributed by atoms with Gasteiger partial charge in [0.05, 0.1) is 12.5 Å². The molecule has 5 heavy (non-hydrogen) atoms. The van der Waals surface area contributed by atoms with Gasteiger partial charge in [-0.15, -0.1) is 0 Å². The zero-order valence-electron chi connectivity index (χ0n) is 3.60. The second kappa shape index (κ2) is 17.6. The van der Waals surface area contributed by atoms with Crippen LogP contribution in [0.3, 0.4) is 0 Å². The van der Waals surface area contributed by atoms with Gasteiger partial charge in [-0.1, -0.05) is 0 Å². The molecule has 0 heterocycles. The van der Waals surface area contributed by atoms with Crippen LogP contribution in [0.5, 0.6) is 0 Å². The molecule has 2 radical (unpaired) electrons. The Hall–Kier alpha value is 1.57. The Morgan fingerprint density at radius 1 is 1.20 bits per heavy atom. The molecule has 1 N–H and O–H groups in total. The molecule has 1 nitrogen and oxygen atoms in total. The fraction of sp³-hybridized carbons (Fsp3) is 1.00. The predicted molar refractivity (Wildman–Crippen MR) is 28.3 cm³/mol. The molecule has 0 aromatic heterocycles. The smallest absolute Gasteiger partial charge is 0.0949 e. The first-order chi connectivity index (χ1) is 1.41. The molecule has 0 aromatic rings.